The summed E-state index contributed by atoms with van der Waals surface area (Å²) in [5, 5.41) is 18.6. The van der Waals surface area contributed by atoms with Gasteiger partial charge in [0.2, 0.25) is 0 Å². The van der Waals surface area contributed by atoms with Crippen molar-refractivity contribution in [3.05, 3.63) is 63.7 Å². The minimum absolute atomic E-state index is 0.165. The lowest BCUT2D eigenvalue weighted by Crippen LogP contribution is -2.01. The molecule has 0 saturated heterocycles. The third kappa shape index (κ3) is 3.11. The molecule has 0 unspecified atom stereocenters. The molecule has 0 radical (unpaired) electrons. The monoisotopic (exact) mass is 287 g/mol. The lowest BCUT2D eigenvalue weighted by Gasteiger charge is -2.12. The van der Waals surface area contributed by atoms with Crippen LogP contribution in [-0.2, 0) is 13.2 Å². The number of benzene rings is 2. The van der Waals surface area contributed by atoms with Crippen molar-refractivity contribution < 1.29 is 9.84 Å². The topological polar surface area (TPSA) is 53.2 Å². The fourth-order valence-electron chi connectivity index (χ4n) is 1.91. The van der Waals surface area contributed by atoms with Crippen LogP contribution >= 0.6 is 11.6 Å². The molecule has 0 aromatic heterocycles. The van der Waals surface area contributed by atoms with Crippen LogP contribution in [0, 0.1) is 18.3 Å². The standard InChI is InChI=1S/C16H14ClNO2/c1-11-7-12(8-18)5-6-13(11)10-20-16-4-2-3-15(17)14(16)9-19/h2-7,19H,9-10H2,1H3. The van der Waals surface area contributed by atoms with E-state index in [1.54, 1.807) is 24.3 Å². The largest absolute Gasteiger partial charge is 0.488 e. The molecule has 0 spiro atoms. The summed E-state index contributed by atoms with van der Waals surface area (Å²) in [5.41, 5.74) is 3.20. The average Bonchev–Trinajstić information content (AvgIpc) is 2.46. The molecule has 0 heterocycles. The highest BCUT2D eigenvalue weighted by atomic mass is 35.5. The molecule has 102 valence electrons. The summed E-state index contributed by atoms with van der Waals surface area (Å²) < 4.78 is 5.72. The van der Waals surface area contributed by atoms with Crippen molar-refractivity contribution in [3.63, 3.8) is 0 Å². The van der Waals surface area contributed by atoms with Crippen molar-refractivity contribution in [2.24, 2.45) is 0 Å². The molecule has 3 nitrogen and oxygen atoms in total. The number of hydrogen-bond donors (Lipinski definition) is 1. The van der Waals surface area contributed by atoms with E-state index in [0.717, 1.165) is 11.1 Å². The van der Waals surface area contributed by atoms with Gasteiger partial charge in [0.15, 0.2) is 0 Å². The van der Waals surface area contributed by atoms with E-state index >= 15 is 0 Å². The number of ether oxygens (including phenoxy) is 1. The lowest BCUT2D eigenvalue weighted by molar-refractivity contribution is 0.259. The van der Waals surface area contributed by atoms with E-state index in [2.05, 4.69) is 6.07 Å². The number of rotatable bonds is 4. The molecule has 0 aliphatic heterocycles. The first-order chi connectivity index (χ1) is 9.65. The molecular formula is C16H14ClNO2. The Morgan fingerprint density at radius 1 is 1.30 bits per heavy atom. The minimum Gasteiger partial charge on any atom is -0.488 e. The van der Waals surface area contributed by atoms with Crippen LogP contribution in [-0.4, -0.2) is 5.11 Å². The third-order valence-electron chi connectivity index (χ3n) is 3.09. The van der Waals surface area contributed by atoms with Crippen molar-refractivity contribution in [1.29, 1.82) is 5.26 Å². The fraction of sp³-hybridized carbons (Fsp3) is 0.188. The van der Waals surface area contributed by atoms with Gasteiger partial charge in [-0.3, -0.25) is 0 Å². The molecule has 0 saturated carbocycles. The predicted octanol–water partition coefficient (Wildman–Crippen LogP) is 3.59. The smallest absolute Gasteiger partial charge is 0.126 e. The molecule has 2 aromatic rings. The normalized spacial score (nSPS) is 10.1. The molecule has 1 N–H and O–H groups in total. The van der Waals surface area contributed by atoms with E-state index in [1.165, 1.54) is 0 Å². The summed E-state index contributed by atoms with van der Waals surface area (Å²) in [5.74, 6) is 0.573. The Labute approximate surface area is 123 Å². The van der Waals surface area contributed by atoms with Crippen LogP contribution in [0.5, 0.6) is 5.75 Å². The summed E-state index contributed by atoms with van der Waals surface area (Å²) in [6, 6.07) is 12.8. The maximum atomic E-state index is 9.32. The maximum absolute atomic E-state index is 9.32. The highest BCUT2D eigenvalue weighted by molar-refractivity contribution is 6.31. The molecule has 0 aliphatic carbocycles. The van der Waals surface area contributed by atoms with Gasteiger partial charge in [0, 0.05) is 10.6 Å². The van der Waals surface area contributed by atoms with E-state index in [0.29, 0.717) is 28.5 Å². The third-order valence-corrected chi connectivity index (χ3v) is 3.44. The summed E-state index contributed by atoms with van der Waals surface area (Å²) in [6.07, 6.45) is 0. The van der Waals surface area contributed by atoms with Gasteiger partial charge in [-0.15, -0.1) is 0 Å². The summed E-state index contributed by atoms with van der Waals surface area (Å²) in [4.78, 5) is 0. The number of nitriles is 1. The van der Waals surface area contributed by atoms with Crippen LogP contribution in [0.3, 0.4) is 0 Å². The number of aliphatic hydroxyl groups is 1. The first kappa shape index (κ1) is 14.4. The number of aliphatic hydroxyl groups excluding tert-OH is 1. The Balaban J connectivity index is 2.17. The van der Waals surface area contributed by atoms with Gasteiger partial charge in [0.1, 0.15) is 12.4 Å². The maximum Gasteiger partial charge on any atom is 0.126 e. The second-order valence-corrected chi connectivity index (χ2v) is 4.82. The van der Waals surface area contributed by atoms with Crippen LogP contribution in [0.25, 0.3) is 0 Å². The Kier molecular flexibility index (Phi) is 4.62. The van der Waals surface area contributed by atoms with Crippen LogP contribution in [0.4, 0.5) is 0 Å². The molecule has 0 amide bonds. The molecule has 0 aliphatic rings. The van der Waals surface area contributed by atoms with E-state index in [9.17, 15) is 5.11 Å². The Morgan fingerprint density at radius 2 is 2.10 bits per heavy atom. The van der Waals surface area contributed by atoms with Gasteiger partial charge < -0.3 is 9.84 Å². The summed E-state index contributed by atoms with van der Waals surface area (Å²) in [7, 11) is 0. The zero-order chi connectivity index (χ0) is 14.5. The van der Waals surface area contributed by atoms with Crippen LogP contribution in [0.1, 0.15) is 22.3 Å². The van der Waals surface area contributed by atoms with Gasteiger partial charge >= 0.3 is 0 Å². The van der Waals surface area contributed by atoms with Crippen LogP contribution in [0.15, 0.2) is 36.4 Å². The second-order valence-electron chi connectivity index (χ2n) is 4.42. The first-order valence-corrected chi connectivity index (χ1v) is 6.54. The molecule has 4 heteroatoms. The number of hydrogen-bond acceptors (Lipinski definition) is 3. The van der Waals surface area contributed by atoms with E-state index in [4.69, 9.17) is 21.6 Å². The molecule has 2 rings (SSSR count). The Hall–Kier alpha value is -2.02. The van der Waals surface area contributed by atoms with E-state index in [1.807, 2.05) is 19.1 Å². The molecule has 2 aromatic carbocycles. The van der Waals surface area contributed by atoms with Crippen molar-refractivity contribution in [1.82, 2.24) is 0 Å². The molecular weight excluding hydrogens is 274 g/mol. The minimum atomic E-state index is -0.165. The van der Waals surface area contributed by atoms with Gasteiger partial charge in [-0.1, -0.05) is 23.7 Å². The first-order valence-electron chi connectivity index (χ1n) is 6.16. The van der Waals surface area contributed by atoms with Crippen LogP contribution < -0.4 is 4.74 Å². The summed E-state index contributed by atoms with van der Waals surface area (Å²) >= 11 is 6.01. The SMILES string of the molecule is Cc1cc(C#N)ccc1COc1cccc(Cl)c1CO. The van der Waals surface area contributed by atoms with E-state index < -0.39 is 0 Å². The van der Waals surface area contributed by atoms with Crippen molar-refractivity contribution in [3.8, 4) is 11.8 Å². The zero-order valence-electron chi connectivity index (χ0n) is 11.1. The second kappa shape index (κ2) is 6.42. The van der Waals surface area contributed by atoms with Crippen molar-refractivity contribution in [2.45, 2.75) is 20.1 Å². The molecule has 0 fully saturated rings. The van der Waals surface area contributed by atoms with E-state index in [-0.39, 0.29) is 6.61 Å². The highest BCUT2D eigenvalue weighted by Crippen LogP contribution is 2.27. The average molecular weight is 288 g/mol. The Morgan fingerprint density at radius 3 is 2.75 bits per heavy atom. The summed E-state index contributed by atoms with van der Waals surface area (Å²) in [6.45, 7) is 2.14. The molecule has 0 bridgehead atoms. The van der Waals surface area contributed by atoms with Gasteiger partial charge in [-0.2, -0.15) is 5.26 Å². The van der Waals surface area contributed by atoms with Crippen molar-refractivity contribution in [2.75, 3.05) is 0 Å². The van der Waals surface area contributed by atoms with Gasteiger partial charge in [0.25, 0.3) is 0 Å². The number of halogens is 1. The zero-order valence-corrected chi connectivity index (χ0v) is 11.8. The molecule has 20 heavy (non-hydrogen) atoms. The fourth-order valence-corrected chi connectivity index (χ4v) is 2.14. The van der Waals surface area contributed by atoms with Gasteiger partial charge in [-0.05, 0) is 42.3 Å². The highest BCUT2D eigenvalue weighted by Gasteiger charge is 2.08. The molecule has 0 atom stereocenters. The van der Waals surface area contributed by atoms with Gasteiger partial charge in [-0.25, -0.2) is 0 Å². The van der Waals surface area contributed by atoms with Gasteiger partial charge in [0.05, 0.1) is 18.2 Å². The van der Waals surface area contributed by atoms with Crippen molar-refractivity contribution >= 4 is 11.6 Å². The quantitative estimate of drug-likeness (QED) is 0.935. The lowest BCUT2D eigenvalue weighted by atomic mass is 10.1. The predicted molar refractivity (Wildman–Crippen MR) is 77.6 cm³/mol. The number of aryl methyl sites for hydroxylation is 1. The van der Waals surface area contributed by atoms with Crippen LogP contribution in [0.2, 0.25) is 5.02 Å². The number of nitrogens with zero attached hydrogens (tertiary/aromatic N) is 1. The Bertz CT molecular complexity index is 662.